The Kier molecular flexibility index (Phi) is 6.62. The molecular weight excluding hydrogens is 276 g/mol. The van der Waals surface area contributed by atoms with Crippen LogP contribution in [0.5, 0.6) is 0 Å². The fraction of sp³-hybridized carbons (Fsp3) is 0.706. The van der Waals surface area contributed by atoms with Gasteiger partial charge in [0.1, 0.15) is 0 Å². The largest absolute Gasteiger partial charge is 0.353 e. The Hall–Kier alpha value is -1.65. The zero-order chi connectivity index (χ0) is 15.8. The Balaban J connectivity index is 1.82. The summed E-state index contributed by atoms with van der Waals surface area (Å²) in [6, 6.07) is 2.08. The lowest BCUT2D eigenvalue weighted by atomic mass is 9.96. The molecule has 5 nitrogen and oxygen atoms in total. The highest BCUT2D eigenvalue weighted by atomic mass is 16.2. The Morgan fingerprint density at radius 3 is 2.91 bits per heavy atom. The monoisotopic (exact) mass is 304 g/mol. The molecule has 2 atom stereocenters. The van der Waals surface area contributed by atoms with Crippen molar-refractivity contribution in [2.75, 3.05) is 18.0 Å². The summed E-state index contributed by atoms with van der Waals surface area (Å²) >= 11 is 0. The zero-order valence-electron chi connectivity index (χ0n) is 13.8. The first-order valence-corrected chi connectivity index (χ1v) is 8.53. The third-order valence-corrected chi connectivity index (χ3v) is 4.26. The van der Waals surface area contributed by atoms with Crippen molar-refractivity contribution in [3.05, 3.63) is 18.5 Å². The maximum Gasteiger partial charge on any atom is 0.225 e. The SMILES string of the molecule is CCCCC[C@@H](C)NC(=O)[C@@H]1CCCN(c2ncccn2)C1. The van der Waals surface area contributed by atoms with Crippen LogP contribution in [0.3, 0.4) is 0 Å². The van der Waals surface area contributed by atoms with E-state index >= 15 is 0 Å². The number of unbranched alkanes of at least 4 members (excludes halogenated alkanes) is 2. The number of hydrogen-bond acceptors (Lipinski definition) is 4. The van der Waals surface area contributed by atoms with Crippen LogP contribution in [-0.4, -0.2) is 35.0 Å². The molecule has 2 rings (SSSR count). The molecule has 0 unspecified atom stereocenters. The Labute approximate surface area is 133 Å². The van der Waals surface area contributed by atoms with Crippen molar-refractivity contribution in [3.8, 4) is 0 Å². The van der Waals surface area contributed by atoms with Crippen LogP contribution in [0, 0.1) is 5.92 Å². The van der Waals surface area contributed by atoms with Gasteiger partial charge < -0.3 is 10.2 Å². The quantitative estimate of drug-likeness (QED) is 0.787. The van der Waals surface area contributed by atoms with Crippen LogP contribution < -0.4 is 10.2 Å². The summed E-state index contributed by atoms with van der Waals surface area (Å²) in [6.45, 7) is 5.96. The van der Waals surface area contributed by atoms with Crippen LogP contribution in [0.1, 0.15) is 52.4 Å². The average molecular weight is 304 g/mol. The summed E-state index contributed by atoms with van der Waals surface area (Å²) in [4.78, 5) is 23.1. The molecule has 5 heteroatoms. The molecule has 0 aliphatic carbocycles. The predicted molar refractivity (Wildman–Crippen MR) is 88.7 cm³/mol. The van der Waals surface area contributed by atoms with Gasteiger partial charge in [-0.1, -0.05) is 26.2 Å². The average Bonchev–Trinajstić information content (AvgIpc) is 2.56. The number of hydrogen-bond donors (Lipinski definition) is 1. The van der Waals surface area contributed by atoms with Gasteiger partial charge >= 0.3 is 0 Å². The number of amides is 1. The van der Waals surface area contributed by atoms with Crippen LogP contribution in [-0.2, 0) is 4.79 Å². The molecular formula is C17H28N4O. The number of piperidine rings is 1. The van der Waals surface area contributed by atoms with Crippen LogP contribution in [0.4, 0.5) is 5.95 Å². The predicted octanol–water partition coefficient (Wildman–Crippen LogP) is 2.78. The van der Waals surface area contributed by atoms with E-state index in [0.29, 0.717) is 0 Å². The third-order valence-electron chi connectivity index (χ3n) is 4.26. The van der Waals surface area contributed by atoms with E-state index in [2.05, 4.69) is 34.0 Å². The van der Waals surface area contributed by atoms with Gasteiger partial charge in [-0.2, -0.15) is 0 Å². The molecule has 1 amide bonds. The van der Waals surface area contributed by atoms with Crippen LogP contribution in [0.2, 0.25) is 0 Å². The topological polar surface area (TPSA) is 58.1 Å². The van der Waals surface area contributed by atoms with Gasteiger partial charge in [-0.15, -0.1) is 0 Å². The first kappa shape index (κ1) is 16.7. The molecule has 0 aromatic carbocycles. The molecule has 1 aromatic heterocycles. The summed E-state index contributed by atoms with van der Waals surface area (Å²) in [5.41, 5.74) is 0. The second kappa shape index (κ2) is 8.71. The van der Waals surface area contributed by atoms with E-state index in [1.54, 1.807) is 12.4 Å². The van der Waals surface area contributed by atoms with Gasteiger partial charge in [0.2, 0.25) is 11.9 Å². The summed E-state index contributed by atoms with van der Waals surface area (Å²) in [5.74, 6) is 0.965. The molecule has 1 aliphatic heterocycles. The number of nitrogens with one attached hydrogen (secondary N) is 1. The lowest BCUT2D eigenvalue weighted by Gasteiger charge is -2.32. The van der Waals surface area contributed by atoms with E-state index in [1.165, 1.54) is 19.3 Å². The second-order valence-corrected chi connectivity index (χ2v) is 6.24. The minimum atomic E-state index is 0.0474. The fourth-order valence-corrected chi connectivity index (χ4v) is 2.96. The summed E-state index contributed by atoms with van der Waals surface area (Å²) in [6.07, 6.45) is 10.2. The van der Waals surface area contributed by atoms with E-state index in [4.69, 9.17) is 0 Å². The molecule has 0 radical (unpaired) electrons. The number of anilines is 1. The van der Waals surface area contributed by atoms with E-state index in [-0.39, 0.29) is 17.9 Å². The van der Waals surface area contributed by atoms with Crippen molar-refractivity contribution in [1.82, 2.24) is 15.3 Å². The number of rotatable bonds is 7. The Morgan fingerprint density at radius 2 is 2.18 bits per heavy atom. The van der Waals surface area contributed by atoms with Crippen molar-refractivity contribution in [3.63, 3.8) is 0 Å². The first-order valence-electron chi connectivity index (χ1n) is 8.53. The summed E-state index contributed by atoms with van der Waals surface area (Å²) < 4.78 is 0. The number of carbonyl (C=O) groups excluding carboxylic acids is 1. The van der Waals surface area contributed by atoms with Crippen molar-refractivity contribution >= 4 is 11.9 Å². The molecule has 1 saturated heterocycles. The van der Waals surface area contributed by atoms with E-state index in [0.717, 1.165) is 38.3 Å². The number of aromatic nitrogens is 2. The maximum absolute atomic E-state index is 12.4. The van der Waals surface area contributed by atoms with Crippen molar-refractivity contribution in [2.45, 2.75) is 58.4 Å². The smallest absolute Gasteiger partial charge is 0.225 e. The fourth-order valence-electron chi connectivity index (χ4n) is 2.96. The van der Waals surface area contributed by atoms with E-state index in [9.17, 15) is 4.79 Å². The van der Waals surface area contributed by atoms with Gasteiger partial charge in [0.15, 0.2) is 0 Å². The molecule has 2 heterocycles. The standard InChI is InChI=1S/C17H28N4O/c1-3-4-5-8-14(2)20-16(22)15-9-6-12-21(13-15)17-18-10-7-11-19-17/h7,10-11,14-15H,3-6,8-9,12-13H2,1-2H3,(H,20,22)/t14-,15-/m1/s1. The van der Waals surface area contributed by atoms with E-state index in [1.807, 2.05) is 6.07 Å². The van der Waals surface area contributed by atoms with Crippen molar-refractivity contribution < 1.29 is 4.79 Å². The molecule has 1 aromatic rings. The lowest BCUT2D eigenvalue weighted by molar-refractivity contribution is -0.125. The number of nitrogens with zero attached hydrogens (tertiary/aromatic N) is 3. The Morgan fingerprint density at radius 1 is 1.41 bits per heavy atom. The minimum absolute atomic E-state index is 0.0474. The number of carbonyl (C=O) groups is 1. The second-order valence-electron chi connectivity index (χ2n) is 6.24. The van der Waals surface area contributed by atoms with Gasteiger partial charge in [0.05, 0.1) is 5.92 Å². The van der Waals surface area contributed by atoms with Crippen molar-refractivity contribution in [1.29, 1.82) is 0 Å². The van der Waals surface area contributed by atoms with Crippen LogP contribution >= 0.6 is 0 Å². The van der Waals surface area contributed by atoms with Gasteiger partial charge in [-0.3, -0.25) is 4.79 Å². The Bertz CT molecular complexity index is 451. The zero-order valence-corrected chi connectivity index (χ0v) is 13.8. The lowest BCUT2D eigenvalue weighted by Crippen LogP contribution is -2.45. The molecule has 0 spiro atoms. The highest BCUT2D eigenvalue weighted by Crippen LogP contribution is 2.20. The minimum Gasteiger partial charge on any atom is -0.353 e. The molecule has 1 aliphatic rings. The molecule has 1 fully saturated rings. The van der Waals surface area contributed by atoms with Gasteiger partial charge in [0, 0.05) is 31.5 Å². The normalized spacial score (nSPS) is 19.7. The third kappa shape index (κ3) is 4.97. The summed E-state index contributed by atoms with van der Waals surface area (Å²) in [5, 5.41) is 3.17. The molecule has 1 N–H and O–H groups in total. The first-order chi connectivity index (χ1) is 10.7. The molecule has 122 valence electrons. The van der Waals surface area contributed by atoms with Gasteiger partial charge in [-0.25, -0.2) is 9.97 Å². The highest BCUT2D eigenvalue weighted by molar-refractivity contribution is 5.79. The van der Waals surface area contributed by atoms with Crippen molar-refractivity contribution in [2.24, 2.45) is 5.92 Å². The van der Waals surface area contributed by atoms with Crippen LogP contribution in [0.25, 0.3) is 0 Å². The van der Waals surface area contributed by atoms with E-state index < -0.39 is 0 Å². The van der Waals surface area contributed by atoms with Gasteiger partial charge in [0.25, 0.3) is 0 Å². The molecule has 0 bridgehead atoms. The summed E-state index contributed by atoms with van der Waals surface area (Å²) in [7, 11) is 0. The van der Waals surface area contributed by atoms with Gasteiger partial charge in [-0.05, 0) is 32.3 Å². The molecule has 22 heavy (non-hydrogen) atoms. The highest BCUT2D eigenvalue weighted by Gasteiger charge is 2.27. The molecule has 0 saturated carbocycles. The maximum atomic E-state index is 12.4. The van der Waals surface area contributed by atoms with Crippen LogP contribution in [0.15, 0.2) is 18.5 Å².